The lowest BCUT2D eigenvalue weighted by Gasteiger charge is -2.30. The van der Waals surface area contributed by atoms with E-state index in [4.69, 9.17) is 4.74 Å². The molecule has 0 spiro atoms. The molecule has 0 aromatic heterocycles. The number of carbonyl (C=O) groups is 2. The maximum absolute atomic E-state index is 13.6. The van der Waals surface area contributed by atoms with Crippen LogP contribution < -0.4 is 10.6 Å². The minimum atomic E-state index is -0.990. The van der Waals surface area contributed by atoms with Crippen LogP contribution in [0.2, 0.25) is 0 Å². The van der Waals surface area contributed by atoms with Gasteiger partial charge in [-0.2, -0.15) is 0 Å². The van der Waals surface area contributed by atoms with Crippen molar-refractivity contribution in [2.24, 2.45) is 0 Å². The van der Waals surface area contributed by atoms with Crippen LogP contribution in [0.25, 0.3) is 0 Å². The number of halogens is 1. The molecule has 2 aliphatic rings. The number of methoxy groups -OCH3 is 1. The summed E-state index contributed by atoms with van der Waals surface area (Å²) < 4.78 is 18.6. The molecule has 1 fully saturated rings. The Bertz CT molecular complexity index is 737. The van der Waals surface area contributed by atoms with E-state index in [1.807, 2.05) is 6.08 Å². The number of amides is 2. The number of hydrogen-bond donors (Lipinski definition) is 2. The molecule has 1 aromatic rings. The lowest BCUT2D eigenvalue weighted by atomic mass is 9.96. The third kappa shape index (κ3) is 4.47. The molecule has 6 nitrogen and oxygen atoms in total. The van der Waals surface area contributed by atoms with Gasteiger partial charge in [0.15, 0.2) is 0 Å². The van der Waals surface area contributed by atoms with Crippen molar-refractivity contribution >= 4 is 17.5 Å². The molecule has 7 heteroatoms. The Hall–Kier alpha value is -2.41. The number of nitrogens with one attached hydrogen (secondary N) is 2. The van der Waals surface area contributed by atoms with E-state index in [9.17, 15) is 14.0 Å². The van der Waals surface area contributed by atoms with E-state index in [0.29, 0.717) is 31.8 Å². The fraction of sp³-hybridized carbons (Fsp3) is 0.500. The van der Waals surface area contributed by atoms with Crippen LogP contribution in [-0.2, 0) is 14.3 Å². The molecular formula is C20H26FN3O3. The largest absolute Gasteiger partial charge is 0.383 e. The monoisotopic (exact) mass is 375 g/mol. The SMILES string of the molecule is COCCNC(=O)C1(Nc2cccc(F)c2)CCN(C(=O)C2=CCCC2)C1. The maximum Gasteiger partial charge on any atom is 0.249 e. The van der Waals surface area contributed by atoms with Crippen LogP contribution in [-0.4, -0.2) is 55.6 Å². The molecule has 0 saturated carbocycles. The summed E-state index contributed by atoms with van der Waals surface area (Å²) in [6, 6.07) is 6.02. The lowest BCUT2D eigenvalue weighted by Crippen LogP contribution is -2.55. The molecule has 1 aliphatic carbocycles. The number of ether oxygens (including phenoxy) is 1. The first kappa shape index (κ1) is 19.4. The van der Waals surface area contributed by atoms with E-state index in [2.05, 4.69) is 10.6 Å². The van der Waals surface area contributed by atoms with Gasteiger partial charge in [0, 0.05) is 31.5 Å². The van der Waals surface area contributed by atoms with Crippen LogP contribution >= 0.6 is 0 Å². The normalized spacial score (nSPS) is 21.9. The van der Waals surface area contributed by atoms with Crippen molar-refractivity contribution in [2.45, 2.75) is 31.2 Å². The number of allylic oxidation sites excluding steroid dienone is 1. The zero-order valence-electron chi connectivity index (χ0n) is 15.6. The standard InChI is InChI=1S/C20H26FN3O3/c1-27-12-10-22-19(26)20(23-17-8-4-7-16(21)13-17)9-11-24(14-20)18(25)15-5-2-3-6-15/h4-5,7-8,13,23H,2-3,6,9-12,14H2,1H3,(H,22,26). The number of nitrogens with zero attached hydrogens (tertiary/aromatic N) is 1. The topological polar surface area (TPSA) is 70.7 Å². The van der Waals surface area contributed by atoms with Gasteiger partial charge in [0.25, 0.3) is 0 Å². The summed E-state index contributed by atoms with van der Waals surface area (Å²) in [5.41, 5.74) is 0.360. The number of anilines is 1. The first-order chi connectivity index (χ1) is 13.0. The summed E-state index contributed by atoms with van der Waals surface area (Å²) in [4.78, 5) is 27.4. The van der Waals surface area contributed by atoms with Crippen molar-refractivity contribution in [1.82, 2.24) is 10.2 Å². The van der Waals surface area contributed by atoms with Crippen LogP contribution in [0.3, 0.4) is 0 Å². The highest BCUT2D eigenvalue weighted by atomic mass is 19.1. The molecule has 2 N–H and O–H groups in total. The maximum atomic E-state index is 13.6. The van der Waals surface area contributed by atoms with Crippen LogP contribution in [0.4, 0.5) is 10.1 Å². The predicted molar refractivity (Wildman–Crippen MR) is 101 cm³/mol. The molecule has 0 radical (unpaired) electrons. The van der Waals surface area contributed by atoms with Crippen molar-refractivity contribution in [3.8, 4) is 0 Å². The summed E-state index contributed by atoms with van der Waals surface area (Å²) >= 11 is 0. The van der Waals surface area contributed by atoms with Gasteiger partial charge in [0.1, 0.15) is 11.4 Å². The summed E-state index contributed by atoms with van der Waals surface area (Å²) in [7, 11) is 1.57. The van der Waals surface area contributed by atoms with Crippen LogP contribution in [0.5, 0.6) is 0 Å². The Balaban J connectivity index is 1.78. The smallest absolute Gasteiger partial charge is 0.249 e. The number of benzene rings is 1. The minimum absolute atomic E-state index is 0.000101. The second-order valence-electron chi connectivity index (χ2n) is 7.06. The molecule has 1 unspecified atom stereocenters. The third-order valence-corrected chi connectivity index (χ3v) is 5.11. The second kappa shape index (κ2) is 8.52. The highest BCUT2D eigenvalue weighted by Gasteiger charge is 2.46. The molecule has 27 heavy (non-hydrogen) atoms. The molecule has 0 bridgehead atoms. The van der Waals surface area contributed by atoms with Crippen LogP contribution in [0.1, 0.15) is 25.7 Å². The Labute approximate surface area is 158 Å². The van der Waals surface area contributed by atoms with E-state index < -0.39 is 5.54 Å². The molecule has 3 rings (SSSR count). The second-order valence-corrected chi connectivity index (χ2v) is 7.06. The van der Waals surface area contributed by atoms with E-state index in [1.165, 1.54) is 12.1 Å². The van der Waals surface area contributed by atoms with Gasteiger partial charge in [-0.3, -0.25) is 9.59 Å². The fourth-order valence-corrected chi connectivity index (χ4v) is 3.67. The summed E-state index contributed by atoms with van der Waals surface area (Å²) in [5, 5.41) is 6.05. The van der Waals surface area contributed by atoms with Crippen LogP contribution in [0, 0.1) is 5.82 Å². The van der Waals surface area contributed by atoms with Crippen LogP contribution in [0.15, 0.2) is 35.9 Å². The van der Waals surface area contributed by atoms with Crippen molar-refractivity contribution < 1.29 is 18.7 Å². The first-order valence-corrected chi connectivity index (χ1v) is 9.33. The number of carbonyl (C=O) groups excluding carboxylic acids is 2. The summed E-state index contributed by atoms with van der Waals surface area (Å²) in [6.45, 7) is 1.51. The molecule has 2 amide bonds. The van der Waals surface area contributed by atoms with Crippen molar-refractivity contribution in [2.75, 3.05) is 38.7 Å². The Morgan fingerprint density at radius 2 is 2.22 bits per heavy atom. The van der Waals surface area contributed by atoms with Gasteiger partial charge in [0.05, 0.1) is 13.2 Å². The Kier molecular flexibility index (Phi) is 6.11. The fourth-order valence-electron chi connectivity index (χ4n) is 3.67. The zero-order valence-corrected chi connectivity index (χ0v) is 15.6. The molecule has 1 saturated heterocycles. The summed E-state index contributed by atoms with van der Waals surface area (Å²) in [6.07, 6.45) is 5.17. The Morgan fingerprint density at radius 3 is 2.93 bits per heavy atom. The number of likely N-dealkylation sites (tertiary alicyclic amines) is 1. The van der Waals surface area contributed by atoms with Crippen molar-refractivity contribution in [3.05, 3.63) is 41.7 Å². The zero-order chi connectivity index (χ0) is 19.3. The molecule has 1 heterocycles. The highest BCUT2D eigenvalue weighted by molar-refractivity contribution is 5.96. The van der Waals surface area contributed by atoms with E-state index in [1.54, 1.807) is 24.1 Å². The van der Waals surface area contributed by atoms with Gasteiger partial charge in [-0.15, -0.1) is 0 Å². The molecule has 1 aliphatic heterocycles. The summed E-state index contributed by atoms with van der Waals surface area (Å²) in [5.74, 6) is -0.586. The number of rotatable bonds is 7. The van der Waals surface area contributed by atoms with Gasteiger partial charge in [0.2, 0.25) is 11.8 Å². The van der Waals surface area contributed by atoms with Crippen molar-refractivity contribution in [3.63, 3.8) is 0 Å². The number of hydrogen-bond acceptors (Lipinski definition) is 4. The van der Waals surface area contributed by atoms with Gasteiger partial charge in [-0.25, -0.2) is 4.39 Å². The molecular weight excluding hydrogens is 349 g/mol. The lowest BCUT2D eigenvalue weighted by molar-refractivity contribution is -0.127. The Morgan fingerprint density at radius 1 is 1.37 bits per heavy atom. The van der Waals surface area contributed by atoms with Gasteiger partial charge >= 0.3 is 0 Å². The third-order valence-electron chi connectivity index (χ3n) is 5.11. The van der Waals surface area contributed by atoms with E-state index in [-0.39, 0.29) is 24.2 Å². The van der Waals surface area contributed by atoms with Gasteiger partial charge < -0.3 is 20.3 Å². The minimum Gasteiger partial charge on any atom is -0.383 e. The predicted octanol–water partition coefficient (Wildman–Crippen LogP) is 2.08. The molecule has 1 aromatic carbocycles. The molecule has 1 atom stereocenters. The highest BCUT2D eigenvalue weighted by Crippen LogP contribution is 2.30. The average Bonchev–Trinajstić information content (AvgIpc) is 3.32. The average molecular weight is 375 g/mol. The van der Waals surface area contributed by atoms with Crippen molar-refractivity contribution in [1.29, 1.82) is 0 Å². The van der Waals surface area contributed by atoms with E-state index >= 15 is 0 Å². The van der Waals surface area contributed by atoms with Gasteiger partial charge in [-0.1, -0.05) is 12.1 Å². The first-order valence-electron chi connectivity index (χ1n) is 9.33. The quantitative estimate of drug-likeness (QED) is 0.716. The molecule has 146 valence electrons. The van der Waals surface area contributed by atoms with E-state index in [0.717, 1.165) is 24.8 Å². The van der Waals surface area contributed by atoms with Gasteiger partial charge in [-0.05, 0) is 43.9 Å².